The zero-order valence-corrected chi connectivity index (χ0v) is 12.8. The van der Waals surface area contributed by atoms with Gasteiger partial charge in [-0.2, -0.15) is 13.2 Å². The second-order valence-electron chi connectivity index (χ2n) is 5.47. The van der Waals surface area contributed by atoms with E-state index in [1.54, 1.807) is 0 Å². The van der Waals surface area contributed by atoms with E-state index in [4.69, 9.17) is 11.6 Å². The molecule has 0 saturated carbocycles. The minimum absolute atomic E-state index is 0.380. The molecule has 0 aliphatic carbocycles. The van der Waals surface area contributed by atoms with Crippen molar-refractivity contribution in [3.63, 3.8) is 0 Å². The van der Waals surface area contributed by atoms with Gasteiger partial charge in [0.25, 0.3) is 0 Å². The number of halogens is 4. The lowest BCUT2D eigenvalue weighted by atomic mass is 10.1. The topological polar surface area (TPSA) is 15.3 Å². The van der Waals surface area contributed by atoms with Gasteiger partial charge in [0.1, 0.15) is 0 Å². The fraction of sp³-hybridized carbons (Fsp3) is 0.600. The number of hydrogen-bond acceptors (Lipinski definition) is 2. The van der Waals surface area contributed by atoms with Gasteiger partial charge in [-0.25, -0.2) is 0 Å². The van der Waals surface area contributed by atoms with Crippen molar-refractivity contribution >= 4 is 17.3 Å². The monoisotopic (exact) mass is 320 g/mol. The minimum atomic E-state index is -4.33. The first-order chi connectivity index (χ1) is 9.91. The highest BCUT2D eigenvalue weighted by Crippen LogP contribution is 2.37. The Morgan fingerprint density at radius 3 is 2.81 bits per heavy atom. The molecule has 0 radical (unpaired) electrons. The highest BCUT2D eigenvalue weighted by Gasteiger charge is 2.32. The molecule has 2 nitrogen and oxygen atoms in total. The SMILES string of the molecule is CCCNCC1CCN(c2cc(C(F)(F)F)ccc2Cl)C1. The third-order valence-corrected chi connectivity index (χ3v) is 4.08. The van der Waals surface area contributed by atoms with Gasteiger partial charge in [-0.1, -0.05) is 18.5 Å². The molecule has 1 fully saturated rings. The van der Waals surface area contributed by atoms with Crippen LogP contribution in [-0.2, 0) is 6.18 Å². The molecule has 1 N–H and O–H groups in total. The Kier molecular flexibility index (Phi) is 5.38. The highest BCUT2D eigenvalue weighted by molar-refractivity contribution is 6.33. The van der Waals surface area contributed by atoms with E-state index in [-0.39, 0.29) is 0 Å². The highest BCUT2D eigenvalue weighted by atomic mass is 35.5. The summed E-state index contributed by atoms with van der Waals surface area (Å²) in [6, 6.07) is 3.52. The van der Waals surface area contributed by atoms with Crippen LogP contribution in [0.4, 0.5) is 18.9 Å². The van der Waals surface area contributed by atoms with E-state index in [1.165, 1.54) is 6.07 Å². The van der Waals surface area contributed by atoms with Gasteiger partial charge in [-0.3, -0.25) is 0 Å². The average molecular weight is 321 g/mol. The molecule has 1 aromatic carbocycles. The smallest absolute Gasteiger partial charge is 0.370 e. The third-order valence-electron chi connectivity index (χ3n) is 3.76. The summed E-state index contributed by atoms with van der Waals surface area (Å²) in [6.07, 6.45) is -2.28. The van der Waals surface area contributed by atoms with Crippen LogP contribution in [0.1, 0.15) is 25.3 Å². The molecule has 1 aromatic rings. The van der Waals surface area contributed by atoms with E-state index >= 15 is 0 Å². The summed E-state index contributed by atoms with van der Waals surface area (Å²) < 4.78 is 38.4. The Morgan fingerprint density at radius 1 is 1.38 bits per heavy atom. The van der Waals surface area contributed by atoms with Crippen molar-refractivity contribution in [2.24, 2.45) is 5.92 Å². The maximum atomic E-state index is 12.8. The molecular weight excluding hydrogens is 301 g/mol. The second-order valence-corrected chi connectivity index (χ2v) is 5.88. The van der Waals surface area contributed by atoms with Crippen molar-refractivity contribution in [3.05, 3.63) is 28.8 Å². The van der Waals surface area contributed by atoms with E-state index in [2.05, 4.69) is 12.2 Å². The normalized spacial score (nSPS) is 19.3. The van der Waals surface area contributed by atoms with Crippen molar-refractivity contribution < 1.29 is 13.2 Å². The van der Waals surface area contributed by atoms with Crippen molar-refractivity contribution in [3.8, 4) is 0 Å². The van der Waals surface area contributed by atoms with Crippen LogP contribution < -0.4 is 10.2 Å². The molecule has 21 heavy (non-hydrogen) atoms. The molecule has 1 aliphatic rings. The van der Waals surface area contributed by atoms with Crippen LogP contribution in [0.5, 0.6) is 0 Å². The lowest BCUT2D eigenvalue weighted by Crippen LogP contribution is -2.27. The zero-order valence-electron chi connectivity index (χ0n) is 12.0. The number of hydrogen-bond donors (Lipinski definition) is 1. The van der Waals surface area contributed by atoms with E-state index in [9.17, 15) is 13.2 Å². The average Bonchev–Trinajstić information content (AvgIpc) is 2.87. The summed E-state index contributed by atoms with van der Waals surface area (Å²) in [7, 11) is 0. The molecule has 0 bridgehead atoms. The molecule has 1 atom stereocenters. The Balaban J connectivity index is 2.05. The standard InChI is InChI=1S/C15H20ClF3N2/c1-2-6-20-9-11-5-7-21(10-11)14-8-12(15(17,18)19)3-4-13(14)16/h3-4,8,11,20H,2,5-7,9-10H2,1H3. The van der Waals surface area contributed by atoms with Crippen LogP contribution in [0.15, 0.2) is 18.2 Å². The molecule has 1 heterocycles. The first-order valence-corrected chi connectivity index (χ1v) is 7.62. The molecule has 1 aliphatic heterocycles. The van der Waals surface area contributed by atoms with Crippen LogP contribution in [0.25, 0.3) is 0 Å². The largest absolute Gasteiger partial charge is 0.416 e. The van der Waals surface area contributed by atoms with E-state index in [0.29, 0.717) is 16.6 Å². The van der Waals surface area contributed by atoms with Crippen LogP contribution in [0.2, 0.25) is 5.02 Å². The summed E-state index contributed by atoms with van der Waals surface area (Å²) >= 11 is 6.08. The summed E-state index contributed by atoms with van der Waals surface area (Å²) in [5, 5.41) is 3.74. The van der Waals surface area contributed by atoms with Gasteiger partial charge in [0.2, 0.25) is 0 Å². The van der Waals surface area contributed by atoms with Gasteiger partial charge in [0.05, 0.1) is 16.3 Å². The van der Waals surface area contributed by atoms with Crippen molar-refractivity contribution in [2.45, 2.75) is 25.9 Å². The van der Waals surface area contributed by atoms with Gasteiger partial charge in [-0.15, -0.1) is 0 Å². The Hall–Kier alpha value is -0.940. The van der Waals surface area contributed by atoms with Crippen LogP contribution in [0, 0.1) is 5.92 Å². The molecule has 6 heteroatoms. The quantitative estimate of drug-likeness (QED) is 0.819. The number of anilines is 1. The number of nitrogens with one attached hydrogen (secondary N) is 1. The Morgan fingerprint density at radius 2 is 2.14 bits per heavy atom. The fourth-order valence-corrected chi connectivity index (χ4v) is 2.87. The summed E-state index contributed by atoms with van der Waals surface area (Å²) in [4.78, 5) is 1.95. The van der Waals surface area contributed by atoms with Gasteiger partial charge in [-0.05, 0) is 50.0 Å². The molecule has 0 amide bonds. The van der Waals surface area contributed by atoms with E-state index in [0.717, 1.165) is 51.2 Å². The predicted octanol–water partition coefficient (Wildman–Crippen LogP) is 4.18. The summed E-state index contributed by atoms with van der Waals surface area (Å²) in [6.45, 7) is 5.48. The number of rotatable bonds is 5. The third kappa shape index (κ3) is 4.27. The maximum Gasteiger partial charge on any atom is 0.416 e. The molecule has 0 aromatic heterocycles. The number of benzene rings is 1. The predicted molar refractivity (Wildman–Crippen MR) is 79.9 cm³/mol. The van der Waals surface area contributed by atoms with E-state index in [1.807, 2.05) is 4.90 Å². The van der Waals surface area contributed by atoms with Gasteiger partial charge < -0.3 is 10.2 Å². The minimum Gasteiger partial charge on any atom is -0.370 e. The van der Waals surface area contributed by atoms with Crippen LogP contribution in [-0.4, -0.2) is 26.2 Å². The van der Waals surface area contributed by atoms with Crippen molar-refractivity contribution in [2.75, 3.05) is 31.1 Å². The van der Waals surface area contributed by atoms with Gasteiger partial charge >= 0.3 is 6.18 Å². The lowest BCUT2D eigenvalue weighted by Gasteiger charge is -2.21. The Bertz CT molecular complexity index is 476. The fourth-order valence-electron chi connectivity index (χ4n) is 2.63. The maximum absolute atomic E-state index is 12.8. The van der Waals surface area contributed by atoms with Gasteiger partial charge in [0, 0.05) is 13.1 Å². The van der Waals surface area contributed by atoms with Crippen LogP contribution >= 0.6 is 11.6 Å². The number of alkyl halides is 3. The molecule has 1 saturated heterocycles. The van der Waals surface area contributed by atoms with Crippen LogP contribution in [0.3, 0.4) is 0 Å². The van der Waals surface area contributed by atoms with Crippen molar-refractivity contribution in [1.29, 1.82) is 0 Å². The molecular formula is C15H20ClF3N2. The lowest BCUT2D eigenvalue weighted by molar-refractivity contribution is -0.137. The first kappa shape index (κ1) is 16.4. The number of nitrogens with zero attached hydrogens (tertiary/aromatic N) is 1. The molecule has 2 rings (SSSR count). The van der Waals surface area contributed by atoms with Crippen molar-refractivity contribution in [1.82, 2.24) is 5.32 Å². The first-order valence-electron chi connectivity index (χ1n) is 7.24. The van der Waals surface area contributed by atoms with E-state index < -0.39 is 11.7 Å². The van der Waals surface area contributed by atoms with Gasteiger partial charge in [0.15, 0.2) is 0 Å². The summed E-state index contributed by atoms with van der Waals surface area (Å²) in [5.41, 5.74) is -0.154. The molecule has 1 unspecified atom stereocenters. The summed E-state index contributed by atoms with van der Waals surface area (Å²) in [5.74, 6) is 0.460. The molecule has 118 valence electrons. The Labute approximate surface area is 128 Å². The second kappa shape index (κ2) is 6.88. The molecule has 0 spiro atoms. The zero-order chi connectivity index (χ0) is 15.5.